The van der Waals surface area contributed by atoms with Gasteiger partial charge in [0, 0.05) is 28.8 Å². The number of carbonyl (C=O) groups is 1. The standard InChI is InChI=1S/C16H18BrN3O2.2ClH/c1-16(2,18)10-20-15(21)11-3-8-14(19-9-11)22-13-6-4-12(17)5-7-13;;/h3-9H,10,18H2,1-2H3,(H,20,21);2*1H. The minimum absolute atomic E-state index is 0. The number of nitrogens with one attached hydrogen (secondary N) is 1. The van der Waals surface area contributed by atoms with Crippen molar-refractivity contribution in [2.24, 2.45) is 5.73 Å². The highest BCUT2D eigenvalue weighted by Crippen LogP contribution is 2.21. The number of pyridine rings is 1. The van der Waals surface area contributed by atoms with Crippen LogP contribution in [0.3, 0.4) is 0 Å². The van der Waals surface area contributed by atoms with Gasteiger partial charge in [0.15, 0.2) is 0 Å². The van der Waals surface area contributed by atoms with E-state index in [4.69, 9.17) is 10.5 Å². The van der Waals surface area contributed by atoms with Gasteiger partial charge in [-0.2, -0.15) is 0 Å². The van der Waals surface area contributed by atoms with Gasteiger partial charge in [-0.25, -0.2) is 4.98 Å². The van der Waals surface area contributed by atoms with Crippen molar-refractivity contribution < 1.29 is 9.53 Å². The topological polar surface area (TPSA) is 77.2 Å². The highest BCUT2D eigenvalue weighted by molar-refractivity contribution is 9.10. The zero-order chi connectivity index (χ0) is 16.2. The van der Waals surface area contributed by atoms with Crippen LogP contribution in [0.1, 0.15) is 24.2 Å². The van der Waals surface area contributed by atoms with Crippen LogP contribution in [0.25, 0.3) is 0 Å². The highest BCUT2D eigenvalue weighted by atomic mass is 79.9. The van der Waals surface area contributed by atoms with Crippen molar-refractivity contribution in [3.8, 4) is 11.6 Å². The first kappa shape index (κ1) is 22.7. The average Bonchev–Trinajstić information content (AvgIpc) is 2.47. The molecule has 3 N–H and O–H groups in total. The molecule has 2 aromatic rings. The highest BCUT2D eigenvalue weighted by Gasteiger charge is 2.13. The van der Waals surface area contributed by atoms with Crippen molar-refractivity contribution in [3.63, 3.8) is 0 Å². The molecule has 1 aromatic heterocycles. The summed E-state index contributed by atoms with van der Waals surface area (Å²) in [6.07, 6.45) is 1.48. The largest absolute Gasteiger partial charge is 0.439 e. The molecule has 0 aliphatic rings. The van der Waals surface area contributed by atoms with Gasteiger partial charge in [-0.1, -0.05) is 15.9 Å². The molecule has 5 nitrogen and oxygen atoms in total. The second-order valence-electron chi connectivity index (χ2n) is 5.61. The number of carbonyl (C=O) groups excluding carboxylic acids is 1. The van der Waals surface area contributed by atoms with E-state index in [2.05, 4.69) is 26.2 Å². The number of hydrogen-bond acceptors (Lipinski definition) is 4. The fourth-order valence-electron chi connectivity index (χ4n) is 1.61. The lowest BCUT2D eigenvalue weighted by Gasteiger charge is -2.18. The summed E-state index contributed by atoms with van der Waals surface area (Å²) in [6.45, 7) is 4.09. The van der Waals surface area contributed by atoms with Gasteiger partial charge in [-0.05, 0) is 44.2 Å². The predicted molar refractivity (Wildman–Crippen MR) is 104 cm³/mol. The van der Waals surface area contributed by atoms with Crippen molar-refractivity contribution in [1.82, 2.24) is 10.3 Å². The SMILES string of the molecule is CC(C)(N)CNC(=O)c1ccc(Oc2ccc(Br)cc2)nc1.Cl.Cl. The molecular formula is C16H20BrCl2N3O2. The van der Waals surface area contributed by atoms with Crippen molar-refractivity contribution >= 4 is 46.7 Å². The molecule has 2 rings (SSSR count). The zero-order valence-electron chi connectivity index (χ0n) is 13.3. The number of hydrogen-bond donors (Lipinski definition) is 2. The first-order valence-electron chi connectivity index (χ1n) is 6.80. The average molecular weight is 437 g/mol. The molecule has 0 unspecified atom stereocenters. The summed E-state index contributed by atoms with van der Waals surface area (Å²) < 4.78 is 6.57. The lowest BCUT2D eigenvalue weighted by Crippen LogP contribution is -2.45. The molecule has 132 valence electrons. The Morgan fingerprint density at radius 1 is 1.21 bits per heavy atom. The Hall–Kier alpha value is -1.34. The second kappa shape index (κ2) is 9.84. The fourth-order valence-corrected chi connectivity index (χ4v) is 1.87. The van der Waals surface area contributed by atoms with E-state index < -0.39 is 5.54 Å². The molecule has 8 heteroatoms. The predicted octanol–water partition coefficient (Wildman–Crippen LogP) is 3.95. The number of rotatable bonds is 5. The monoisotopic (exact) mass is 435 g/mol. The summed E-state index contributed by atoms with van der Waals surface area (Å²) >= 11 is 3.36. The zero-order valence-corrected chi connectivity index (χ0v) is 16.5. The van der Waals surface area contributed by atoms with E-state index in [9.17, 15) is 4.79 Å². The van der Waals surface area contributed by atoms with Crippen LogP contribution in [-0.2, 0) is 0 Å². The van der Waals surface area contributed by atoms with Gasteiger partial charge in [0.1, 0.15) is 5.75 Å². The van der Waals surface area contributed by atoms with Crippen LogP contribution in [-0.4, -0.2) is 23.0 Å². The molecule has 0 aliphatic carbocycles. The van der Waals surface area contributed by atoms with Crippen LogP contribution >= 0.6 is 40.7 Å². The number of nitrogens with zero attached hydrogens (tertiary/aromatic N) is 1. The van der Waals surface area contributed by atoms with E-state index in [1.165, 1.54) is 6.20 Å². The van der Waals surface area contributed by atoms with Crippen LogP contribution in [0.15, 0.2) is 47.1 Å². The van der Waals surface area contributed by atoms with Gasteiger partial charge >= 0.3 is 0 Å². The normalized spacial score (nSPS) is 10.2. The van der Waals surface area contributed by atoms with Crippen LogP contribution < -0.4 is 15.8 Å². The summed E-state index contributed by atoms with van der Waals surface area (Å²) in [4.78, 5) is 16.1. The van der Waals surface area contributed by atoms with Gasteiger partial charge in [0.2, 0.25) is 5.88 Å². The Bertz CT molecular complexity index is 644. The third-order valence-electron chi connectivity index (χ3n) is 2.74. The number of benzene rings is 1. The maximum absolute atomic E-state index is 11.9. The molecule has 0 saturated heterocycles. The van der Waals surface area contributed by atoms with Crippen LogP contribution in [0.2, 0.25) is 0 Å². The van der Waals surface area contributed by atoms with Gasteiger partial charge in [0.05, 0.1) is 5.56 Å². The number of amides is 1. The maximum atomic E-state index is 11.9. The number of ether oxygens (including phenoxy) is 1. The fraction of sp³-hybridized carbons (Fsp3) is 0.250. The molecule has 0 radical (unpaired) electrons. The van der Waals surface area contributed by atoms with E-state index in [-0.39, 0.29) is 30.7 Å². The summed E-state index contributed by atoms with van der Waals surface area (Å²) in [5.74, 6) is 0.900. The molecule has 1 heterocycles. The van der Waals surface area contributed by atoms with Gasteiger partial charge < -0.3 is 15.8 Å². The summed E-state index contributed by atoms with van der Waals surface area (Å²) in [6, 6.07) is 10.7. The van der Waals surface area contributed by atoms with E-state index in [1.54, 1.807) is 12.1 Å². The van der Waals surface area contributed by atoms with E-state index >= 15 is 0 Å². The van der Waals surface area contributed by atoms with E-state index in [0.29, 0.717) is 23.7 Å². The third kappa shape index (κ3) is 7.49. The Labute approximate surface area is 162 Å². The Morgan fingerprint density at radius 3 is 2.33 bits per heavy atom. The molecular weight excluding hydrogens is 417 g/mol. The summed E-state index contributed by atoms with van der Waals surface area (Å²) in [7, 11) is 0. The summed E-state index contributed by atoms with van der Waals surface area (Å²) in [5, 5.41) is 2.76. The van der Waals surface area contributed by atoms with Crippen molar-refractivity contribution in [2.75, 3.05) is 6.54 Å². The lowest BCUT2D eigenvalue weighted by molar-refractivity contribution is 0.0945. The van der Waals surface area contributed by atoms with E-state index in [1.807, 2.05) is 38.1 Å². The summed E-state index contributed by atoms with van der Waals surface area (Å²) in [5.41, 5.74) is 5.84. The minimum Gasteiger partial charge on any atom is -0.439 e. The lowest BCUT2D eigenvalue weighted by atomic mass is 10.1. The molecule has 0 bridgehead atoms. The van der Waals surface area contributed by atoms with Gasteiger partial charge in [-0.15, -0.1) is 24.8 Å². The third-order valence-corrected chi connectivity index (χ3v) is 3.27. The van der Waals surface area contributed by atoms with Crippen LogP contribution in [0.4, 0.5) is 0 Å². The molecule has 1 aromatic carbocycles. The van der Waals surface area contributed by atoms with Gasteiger partial charge in [0.25, 0.3) is 5.91 Å². The van der Waals surface area contributed by atoms with E-state index in [0.717, 1.165) is 4.47 Å². The molecule has 1 amide bonds. The van der Waals surface area contributed by atoms with Crippen LogP contribution in [0, 0.1) is 0 Å². The number of nitrogens with two attached hydrogens (primary N) is 1. The Morgan fingerprint density at radius 2 is 1.83 bits per heavy atom. The first-order chi connectivity index (χ1) is 10.3. The quantitative estimate of drug-likeness (QED) is 0.743. The Balaban J connectivity index is 0.00000264. The molecule has 0 spiro atoms. The number of halogens is 3. The molecule has 0 saturated carbocycles. The number of aromatic nitrogens is 1. The molecule has 0 fully saturated rings. The minimum atomic E-state index is -0.451. The molecule has 0 aliphatic heterocycles. The molecule has 0 atom stereocenters. The molecule has 24 heavy (non-hydrogen) atoms. The second-order valence-corrected chi connectivity index (χ2v) is 6.53. The van der Waals surface area contributed by atoms with Crippen molar-refractivity contribution in [3.05, 3.63) is 52.6 Å². The smallest absolute Gasteiger partial charge is 0.252 e. The maximum Gasteiger partial charge on any atom is 0.252 e. The van der Waals surface area contributed by atoms with Crippen molar-refractivity contribution in [2.45, 2.75) is 19.4 Å². The van der Waals surface area contributed by atoms with Gasteiger partial charge in [-0.3, -0.25) is 4.79 Å². The first-order valence-corrected chi connectivity index (χ1v) is 7.59. The van der Waals surface area contributed by atoms with Crippen LogP contribution in [0.5, 0.6) is 11.6 Å². The Kier molecular flexibility index (Phi) is 9.29. The van der Waals surface area contributed by atoms with Crippen molar-refractivity contribution in [1.29, 1.82) is 0 Å².